The van der Waals surface area contributed by atoms with Crippen molar-refractivity contribution in [3.63, 3.8) is 0 Å². The summed E-state index contributed by atoms with van der Waals surface area (Å²) in [5, 5.41) is 0.839. The van der Waals surface area contributed by atoms with Gasteiger partial charge in [-0.1, -0.05) is 11.8 Å². The van der Waals surface area contributed by atoms with Crippen molar-refractivity contribution in [2.75, 3.05) is 43.9 Å². The molecule has 1 atom stereocenters. The van der Waals surface area contributed by atoms with Gasteiger partial charge in [0.15, 0.2) is 5.16 Å². The van der Waals surface area contributed by atoms with Crippen molar-refractivity contribution in [3.05, 3.63) is 11.3 Å². The molecule has 1 saturated carbocycles. The predicted molar refractivity (Wildman–Crippen MR) is 100 cm³/mol. The Morgan fingerprint density at radius 2 is 1.72 bits per heavy atom. The van der Waals surface area contributed by atoms with Crippen LogP contribution in [-0.4, -0.2) is 76.7 Å². The van der Waals surface area contributed by atoms with Crippen molar-refractivity contribution >= 4 is 23.5 Å². The van der Waals surface area contributed by atoms with Gasteiger partial charge in [0.25, 0.3) is 0 Å². The summed E-state index contributed by atoms with van der Waals surface area (Å²) in [5.41, 5.74) is 2.23. The molecule has 6 nitrogen and oxygen atoms in total. The van der Waals surface area contributed by atoms with Crippen molar-refractivity contribution in [3.8, 4) is 0 Å². The zero-order valence-electron chi connectivity index (χ0n) is 15.4. The maximum absolute atomic E-state index is 12.7. The van der Waals surface area contributed by atoms with Gasteiger partial charge in [0.05, 0.1) is 6.04 Å². The largest absolute Gasteiger partial charge is 0.354 e. The summed E-state index contributed by atoms with van der Waals surface area (Å²) in [7, 11) is 0. The molecule has 2 aliphatic heterocycles. The number of anilines is 1. The molecule has 25 heavy (non-hydrogen) atoms. The maximum Gasteiger partial charge on any atom is 0.240 e. The van der Waals surface area contributed by atoms with E-state index in [1.54, 1.807) is 11.8 Å². The fourth-order valence-corrected chi connectivity index (χ4v) is 4.41. The number of piperazine rings is 1. The Hall–Kier alpha value is -1.34. The van der Waals surface area contributed by atoms with Gasteiger partial charge in [-0.3, -0.25) is 9.69 Å². The Kier molecular flexibility index (Phi) is 4.62. The first-order valence-corrected chi connectivity index (χ1v) is 10.5. The van der Waals surface area contributed by atoms with Gasteiger partial charge in [-0.2, -0.15) is 0 Å². The molecule has 1 amide bonds. The van der Waals surface area contributed by atoms with Crippen molar-refractivity contribution < 1.29 is 4.79 Å². The van der Waals surface area contributed by atoms with Crippen LogP contribution in [0.1, 0.15) is 30.5 Å². The summed E-state index contributed by atoms with van der Waals surface area (Å²) < 4.78 is 0. The highest BCUT2D eigenvalue weighted by molar-refractivity contribution is 7.98. The Morgan fingerprint density at radius 1 is 1.00 bits per heavy atom. The van der Waals surface area contributed by atoms with Gasteiger partial charge in [-0.25, -0.2) is 9.97 Å². The average molecular weight is 362 g/mol. The van der Waals surface area contributed by atoms with E-state index < -0.39 is 0 Å². The predicted octanol–water partition coefficient (Wildman–Crippen LogP) is 1.70. The van der Waals surface area contributed by atoms with E-state index in [-0.39, 0.29) is 6.04 Å². The first kappa shape index (κ1) is 17.1. The van der Waals surface area contributed by atoms with Gasteiger partial charge in [0, 0.05) is 50.0 Å². The van der Waals surface area contributed by atoms with Crippen molar-refractivity contribution in [1.82, 2.24) is 19.8 Å². The van der Waals surface area contributed by atoms with Gasteiger partial charge >= 0.3 is 0 Å². The number of amides is 1. The van der Waals surface area contributed by atoms with Crippen LogP contribution < -0.4 is 4.90 Å². The van der Waals surface area contributed by atoms with E-state index in [1.165, 1.54) is 18.4 Å². The van der Waals surface area contributed by atoms with Crippen molar-refractivity contribution in [1.29, 1.82) is 0 Å². The van der Waals surface area contributed by atoms with Crippen LogP contribution >= 0.6 is 11.8 Å². The molecule has 1 aromatic rings. The number of thioether (sulfide) groups is 1. The zero-order chi connectivity index (χ0) is 17.6. The lowest BCUT2D eigenvalue weighted by Crippen LogP contribution is -2.53. The third-order valence-electron chi connectivity index (χ3n) is 5.78. The molecule has 3 fully saturated rings. The standard InChI is InChI=1S/C18H27N5OS/c1-12-13(2)19-18(25-3)20-16(12)22-10-8-21(9-11-22)15-6-7-23(17(15)24)14-4-5-14/h14-15H,4-11H2,1-3H3. The fraction of sp³-hybridized carbons (Fsp3) is 0.722. The molecule has 136 valence electrons. The van der Waals surface area contributed by atoms with E-state index in [1.807, 2.05) is 6.26 Å². The number of aromatic nitrogens is 2. The minimum Gasteiger partial charge on any atom is -0.354 e. The van der Waals surface area contributed by atoms with Gasteiger partial charge < -0.3 is 9.80 Å². The van der Waals surface area contributed by atoms with E-state index >= 15 is 0 Å². The number of hydrogen-bond donors (Lipinski definition) is 0. The van der Waals surface area contributed by atoms with Crippen LogP contribution in [0.2, 0.25) is 0 Å². The molecule has 0 aromatic carbocycles. The number of carbonyl (C=O) groups is 1. The van der Waals surface area contributed by atoms with Crippen LogP contribution in [0.15, 0.2) is 5.16 Å². The highest BCUT2D eigenvalue weighted by atomic mass is 32.2. The lowest BCUT2D eigenvalue weighted by Gasteiger charge is -2.38. The van der Waals surface area contributed by atoms with Crippen LogP contribution in [0, 0.1) is 13.8 Å². The number of rotatable bonds is 4. The second-order valence-electron chi connectivity index (χ2n) is 7.33. The van der Waals surface area contributed by atoms with E-state index in [0.717, 1.165) is 55.8 Å². The summed E-state index contributed by atoms with van der Waals surface area (Å²) in [6.07, 6.45) is 5.42. The van der Waals surface area contributed by atoms with Crippen molar-refractivity contribution in [2.45, 2.75) is 50.4 Å². The minimum absolute atomic E-state index is 0.109. The molecule has 1 unspecified atom stereocenters. The molecule has 7 heteroatoms. The molecular weight excluding hydrogens is 334 g/mol. The van der Waals surface area contributed by atoms with Crippen molar-refractivity contribution in [2.24, 2.45) is 0 Å². The molecule has 0 spiro atoms. The van der Waals surface area contributed by atoms with Gasteiger partial charge in [-0.05, 0) is 39.4 Å². The normalized spacial score (nSPS) is 25.1. The Labute approximate surface area is 154 Å². The molecular formula is C18H27N5OS. The number of hydrogen-bond acceptors (Lipinski definition) is 6. The SMILES string of the molecule is CSc1nc(C)c(C)c(N2CCN(C3CCN(C4CC4)C3=O)CC2)n1. The molecule has 0 radical (unpaired) electrons. The first-order valence-electron chi connectivity index (χ1n) is 9.27. The molecule has 1 aromatic heterocycles. The summed E-state index contributed by atoms with van der Waals surface area (Å²) >= 11 is 1.59. The Morgan fingerprint density at radius 3 is 2.36 bits per heavy atom. The lowest BCUT2D eigenvalue weighted by atomic mass is 10.1. The molecule has 0 N–H and O–H groups in total. The lowest BCUT2D eigenvalue weighted by molar-refractivity contribution is -0.132. The molecule has 1 aliphatic carbocycles. The van der Waals surface area contributed by atoms with E-state index in [9.17, 15) is 4.79 Å². The third kappa shape index (κ3) is 3.24. The van der Waals surface area contributed by atoms with Crippen LogP contribution in [-0.2, 0) is 4.79 Å². The highest BCUT2D eigenvalue weighted by Gasteiger charge is 2.43. The van der Waals surface area contributed by atoms with Gasteiger partial charge in [-0.15, -0.1) is 0 Å². The maximum atomic E-state index is 12.7. The smallest absolute Gasteiger partial charge is 0.240 e. The fourth-order valence-electron chi connectivity index (χ4n) is 4.01. The number of aryl methyl sites for hydroxylation is 1. The minimum atomic E-state index is 0.109. The number of nitrogens with zero attached hydrogens (tertiary/aromatic N) is 5. The molecule has 3 heterocycles. The summed E-state index contributed by atoms with van der Waals surface area (Å²) in [6.45, 7) is 8.85. The molecule has 0 bridgehead atoms. The molecule has 3 aliphatic rings. The molecule has 2 saturated heterocycles. The van der Waals surface area contributed by atoms with Crippen LogP contribution in [0.5, 0.6) is 0 Å². The van der Waals surface area contributed by atoms with E-state index in [4.69, 9.17) is 4.98 Å². The molecule has 4 rings (SSSR count). The van der Waals surface area contributed by atoms with Gasteiger partial charge in [0.1, 0.15) is 5.82 Å². The Balaban J connectivity index is 1.42. The quantitative estimate of drug-likeness (QED) is 0.601. The van der Waals surface area contributed by atoms with Crippen LogP contribution in [0.4, 0.5) is 5.82 Å². The highest BCUT2D eigenvalue weighted by Crippen LogP contribution is 2.32. The second-order valence-corrected chi connectivity index (χ2v) is 8.11. The number of likely N-dealkylation sites (tertiary alicyclic amines) is 1. The zero-order valence-corrected chi connectivity index (χ0v) is 16.2. The second kappa shape index (κ2) is 6.76. The average Bonchev–Trinajstić information content (AvgIpc) is 3.40. The first-order chi connectivity index (χ1) is 12.1. The third-order valence-corrected chi connectivity index (χ3v) is 6.33. The summed E-state index contributed by atoms with van der Waals surface area (Å²) in [6, 6.07) is 0.660. The summed E-state index contributed by atoms with van der Waals surface area (Å²) in [4.78, 5) is 28.8. The van der Waals surface area contributed by atoms with E-state index in [0.29, 0.717) is 11.9 Å². The monoisotopic (exact) mass is 361 g/mol. The van der Waals surface area contributed by atoms with Gasteiger partial charge in [0.2, 0.25) is 5.91 Å². The number of carbonyl (C=O) groups excluding carboxylic acids is 1. The topological polar surface area (TPSA) is 52.6 Å². The van der Waals surface area contributed by atoms with E-state index in [2.05, 4.69) is 33.5 Å². The Bertz CT molecular complexity index is 670. The van der Waals surface area contributed by atoms with Crippen LogP contribution in [0.25, 0.3) is 0 Å². The van der Waals surface area contributed by atoms with Crippen LogP contribution in [0.3, 0.4) is 0 Å². The summed E-state index contributed by atoms with van der Waals surface area (Å²) in [5.74, 6) is 1.43.